The summed E-state index contributed by atoms with van der Waals surface area (Å²) in [6.07, 6.45) is 12.5. The summed E-state index contributed by atoms with van der Waals surface area (Å²) in [4.78, 5) is 15.0. The normalized spacial score (nSPS) is 15.5. The van der Waals surface area contributed by atoms with E-state index in [-0.39, 0.29) is 0 Å². The van der Waals surface area contributed by atoms with Gasteiger partial charge in [-0.15, -0.1) is 0 Å². The van der Waals surface area contributed by atoms with E-state index in [1.54, 1.807) is 37.1 Å². The van der Waals surface area contributed by atoms with Crippen molar-refractivity contribution >= 4 is 15.8 Å². The first-order valence-electron chi connectivity index (χ1n) is 10.3. The molecule has 0 unspecified atom stereocenters. The molecule has 0 atom stereocenters. The number of pyridine rings is 1. The highest BCUT2D eigenvalue weighted by Crippen LogP contribution is 2.22. The molecule has 0 aliphatic carbocycles. The quantitative estimate of drug-likeness (QED) is 0.498. The van der Waals surface area contributed by atoms with Crippen LogP contribution in [0, 0.1) is 0 Å². The van der Waals surface area contributed by atoms with E-state index >= 15 is 0 Å². The SMILES string of the molecule is O=S(=O)(/C=C\CCCc1ncccn1)N1CCN(c2ccc(-c3ccoc3)cn2)CC1. The number of anilines is 1. The van der Waals surface area contributed by atoms with Gasteiger partial charge < -0.3 is 9.32 Å². The highest BCUT2D eigenvalue weighted by atomic mass is 32.2. The van der Waals surface area contributed by atoms with Gasteiger partial charge in [-0.1, -0.05) is 6.08 Å². The summed E-state index contributed by atoms with van der Waals surface area (Å²) in [7, 11) is -3.41. The number of aryl methyl sites for hydroxylation is 1. The summed E-state index contributed by atoms with van der Waals surface area (Å²) < 4.78 is 31.9. The first kappa shape index (κ1) is 21.2. The number of rotatable bonds is 8. The molecule has 8 nitrogen and oxygen atoms in total. The molecule has 1 aliphatic rings. The summed E-state index contributed by atoms with van der Waals surface area (Å²) in [5.41, 5.74) is 1.97. The van der Waals surface area contributed by atoms with Crippen LogP contribution in [0.1, 0.15) is 18.7 Å². The van der Waals surface area contributed by atoms with Crippen molar-refractivity contribution in [3.05, 3.63) is 72.7 Å². The van der Waals surface area contributed by atoms with Crippen molar-refractivity contribution in [1.29, 1.82) is 0 Å². The van der Waals surface area contributed by atoms with Crippen LogP contribution in [-0.4, -0.2) is 53.9 Å². The number of aromatic nitrogens is 3. The highest BCUT2D eigenvalue weighted by molar-refractivity contribution is 7.92. The number of unbranched alkanes of at least 4 members (excludes halogenated alkanes) is 1. The molecule has 9 heteroatoms. The Balaban J connectivity index is 1.25. The van der Waals surface area contributed by atoms with Gasteiger partial charge in [-0.25, -0.2) is 23.4 Å². The molecule has 0 saturated carbocycles. The topological polar surface area (TPSA) is 92.4 Å². The van der Waals surface area contributed by atoms with Crippen LogP contribution in [0.2, 0.25) is 0 Å². The smallest absolute Gasteiger partial charge is 0.236 e. The van der Waals surface area contributed by atoms with Crippen molar-refractivity contribution in [1.82, 2.24) is 19.3 Å². The maximum absolute atomic E-state index is 12.6. The van der Waals surface area contributed by atoms with Gasteiger partial charge in [0.15, 0.2) is 0 Å². The van der Waals surface area contributed by atoms with Crippen LogP contribution in [0.15, 0.2) is 71.3 Å². The monoisotopic (exact) mass is 439 g/mol. The number of hydrogen-bond acceptors (Lipinski definition) is 7. The van der Waals surface area contributed by atoms with E-state index in [9.17, 15) is 8.42 Å². The molecule has 0 bridgehead atoms. The van der Waals surface area contributed by atoms with Crippen molar-refractivity contribution < 1.29 is 12.8 Å². The van der Waals surface area contributed by atoms with Gasteiger partial charge in [-0.05, 0) is 37.1 Å². The molecule has 31 heavy (non-hydrogen) atoms. The summed E-state index contributed by atoms with van der Waals surface area (Å²) in [5, 5.41) is 1.33. The van der Waals surface area contributed by atoms with Crippen molar-refractivity contribution in [2.45, 2.75) is 19.3 Å². The maximum atomic E-state index is 12.6. The zero-order chi connectivity index (χ0) is 21.5. The third kappa shape index (κ3) is 5.56. The number of nitrogens with zero attached hydrogens (tertiary/aromatic N) is 5. The zero-order valence-corrected chi connectivity index (χ0v) is 18.0. The number of allylic oxidation sites excluding steroid dienone is 1. The van der Waals surface area contributed by atoms with Gasteiger partial charge in [0.2, 0.25) is 10.0 Å². The second kappa shape index (κ2) is 9.84. The van der Waals surface area contributed by atoms with Crippen molar-refractivity contribution in [2.24, 2.45) is 0 Å². The third-order valence-corrected chi connectivity index (χ3v) is 6.80. The summed E-state index contributed by atoms with van der Waals surface area (Å²) in [5.74, 6) is 1.63. The number of sulfonamides is 1. The van der Waals surface area contributed by atoms with Crippen LogP contribution < -0.4 is 4.90 Å². The molecule has 4 heterocycles. The van der Waals surface area contributed by atoms with Gasteiger partial charge >= 0.3 is 0 Å². The van der Waals surface area contributed by atoms with Crippen LogP contribution in [0.25, 0.3) is 11.1 Å². The molecule has 3 aromatic heterocycles. The number of hydrogen-bond donors (Lipinski definition) is 0. The lowest BCUT2D eigenvalue weighted by Crippen LogP contribution is -2.48. The molecule has 3 aromatic rings. The maximum Gasteiger partial charge on any atom is 0.236 e. The molecule has 1 aliphatic heterocycles. The van der Waals surface area contributed by atoms with E-state index in [1.807, 2.05) is 24.4 Å². The van der Waals surface area contributed by atoms with Crippen LogP contribution in [0.3, 0.4) is 0 Å². The van der Waals surface area contributed by atoms with Gasteiger partial charge in [0.25, 0.3) is 0 Å². The highest BCUT2D eigenvalue weighted by Gasteiger charge is 2.25. The molecule has 1 fully saturated rings. The van der Waals surface area contributed by atoms with E-state index in [2.05, 4.69) is 19.9 Å². The Morgan fingerprint density at radius 3 is 2.48 bits per heavy atom. The van der Waals surface area contributed by atoms with Gasteiger partial charge in [0.1, 0.15) is 11.6 Å². The van der Waals surface area contributed by atoms with Crippen molar-refractivity contribution in [2.75, 3.05) is 31.1 Å². The van der Waals surface area contributed by atoms with Crippen LogP contribution in [0.4, 0.5) is 5.82 Å². The van der Waals surface area contributed by atoms with Crippen LogP contribution in [0.5, 0.6) is 0 Å². The molecular formula is C22H25N5O3S. The molecule has 0 spiro atoms. The van der Waals surface area contributed by atoms with E-state index in [0.717, 1.165) is 35.6 Å². The van der Waals surface area contributed by atoms with E-state index in [1.165, 1.54) is 9.71 Å². The Morgan fingerprint density at radius 2 is 1.81 bits per heavy atom. The fraction of sp³-hybridized carbons (Fsp3) is 0.318. The average molecular weight is 440 g/mol. The van der Waals surface area contributed by atoms with Crippen molar-refractivity contribution in [3.63, 3.8) is 0 Å². The van der Waals surface area contributed by atoms with E-state index < -0.39 is 10.0 Å². The minimum absolute atomic E-state index is 0.440. The Bertz CT molecular complexity index is 1080. The number of piperazine rings is 1. The first-order valence-corrected chi connectivity index (χ1v) is 11.8. The van der Waals surface area contributed by atoms with Gasteiger partial charge in [0.05, 0.1) is 12.5 Å². The fourth-order valence-electron chi connectivity index (χ4n) is 3.46. The second-order valence-corrected chi connectivity index (χ2v) is 9.10. The Hall–Kier alpha value is -3.04. The fourth-order valence-corrected chi connectivity index (χ4v) is 4.68. The molecule has 0 N–H and O–H groups in total. The second-order valence-electron chi connectivity index (χ2n) is 7.28. The van der Waals surface area contributed by atoms with Gasteiger partial charge in [-0.2, -0.15) is 4.31 Å². The summed E-state index contributed by atoms with van der Waals surface area (Å²) >= 11 is 0. The lowest BCUT2D eigenvalue weighted by atomic mass is 10.1. The molecule has 1 saturated heterocycles. The Labute approximate surface area is 182 Å². The first-order chi connectivity index (χ1) is 15.1. The van der Waals surface area contributed by atoms with Crippen molar-refractivity contribution in [3.8, 4) is 11.1 Å². The average Bonchev–Trinajstić information content (AvgIpc) is 3.35. The predicted octanol–water partition coefficient (Wildman–Crippen LogP) is 3.12. The standard InChI is InChI=1S/C22H25N5O3S/c28-31(29,16-3-1-2-5-21-23-9-4-10-24-21)27-13-11-26(12-14-27)22-7-6-19(17-25-22)20-8-15-30-18-20/h3-4,6-10,15-18H,1-2,5,11-14H2/b16-3-. The summed E-state index contributed by atoms with van der Waals surface area (Å²) in [6.45, 7) is 2.10. The molecule has 4 rings (SSSR count). The zero-order valence-electron chi connectivity index (χ0n) is 17.2. The minimum Gasteiger partial charge on any atom is -0.472 e. The lowest BCUT2D eigenvalue weighted by molar-refractivity contribution is 0.388. The van der Waals surface area contributed by atoms with E-state index in [0.29, 0.717) is 32.6 Å². The largest absolute Gasteiger partial charge is 0.472 e. The van der Waals surface area contributed by atoms with E-state index in [4.69, 9.17) is 4.42 Å². The minimum atomic E-state index is -3.41. The molecule has 0 radical (unpaired) electrons. The van der Waals surface area contributed by atoms with Gasteiger partial charge in [-0.3, -0.25) is 0 Å². The Morgan fingerprint density at radius 1 is 1.00 bits per heavy atom. The van der Waals surface area contributed by atoms with Crippen LogP contribution in [-0.2, 0) is 16.4 Å². The molecule has 0 amide bonds. The summed E-state index contributed by atoms with van der Waals surface area (Å²) in [6, 6.07) is 7.63. The lowest BCUT2D eigenvalue weighted by Gasteiger charge is -2.34. The Kier molecular flexibility index (Phi) is 6.73. The predicted molar refractivity (Wildman–Crippen MR) is 119 cm³/mol. The molecular weight excluding hydrogens is 414 g/mol. The molecule has 162 valence electrons. The number of furan rings is 1. The third-order valence-electron chi connectivity index (χ3n) is 5.18. The molecule has 0 aromatic carbocycles. The van der Waals surface area contributed by atoms with Gasteiger partial charge in [0, 0.05) is 67.7 Å². The van der Waals surface area contributed by atoms with Crippen LogP contribution >= 0.6 is 0 Å².